The predicted molar refractivity (Wildman–Crippen MR) is 109 cm³/mol. The molecule has 27 heavy (non-hydrogen) atoms. The van der Waals surface area contributed by atoms with E-state index in [1.165, 1.54) is 23.5 Å². The molecule has 0 spiro atoms. The lowest BCUT2D eigenvalue weighted by atomic mass is 10.1. The van der Waals surface area contributed by atoms with Gasteiger partial charge in [-0.05, 0) is 49.2 Å². The number of allylic oxidation sites excluding steroid dienone is 1. The highest BCUT2D eigenvalue weighted by molar-refractivity contribution is 7.90. The third-order valence-corrected chi connectivity index (χ3v) is 6.52. The molecule has 0 fully saturated rings. The van der Waals surface area contributed by atoms with E-state index in [9.17, 15) is 13.2 Å². The number of benzene rings is 2. The zero-order valence-electron chi connectivity index (χ0n) is 15.4. The molecule has 0 aliphatic heterocycles. The van der Waals surface area contributed by atoms with E-state index in [2.05, 4.69) is 23.7 Å². The molecule has 2 aromatic carbocycles. The SMILES string of the molecule is C=CCn1c(=NC(=O)c2ccccc2S(C)(=O)=O)sc2cc(C)c(C)cc21. The summed E-state index contributed by atoms with van der Waals surface area (Å²) >= 11 is 1.40. The Morgan fingerprint density at radius 3 is 2.56 bits per heavy atom. The zero-order valence-corrected chi connectivity index (χ0v) is 17.0. The standard InChI is InChI=1S/C20H20N2O3S2/c1-5-10-22-16-11-13(2)14(3)12-17(16)26-20(22)21-19(23)15-8-6-7-9-18(15)27(4,24)25/h5-9,11-12H,1,10H2,2-4H3. The summed E-state index contributed by atoms with van der Waals surface area (Å²) in [5.74, 6) is -0.575. The maximum absolute atomic E-state index is 12.8. The molecule has 0 aliphatic carbocycles. The summed E-state index contributed by atoms with van der Waals surface area (Å²) in [5, 5.41) is 0. The fourth-order valence-corrected chi connectivity index (χ4v) is 4.82. The second-order valence-electron chi connectivity index (χ2n) is 6.37. The van der Waals surface area contributed by atoms with Crippen molar-refractivity contribution in [3.63, 3.8) is 0 Å². The van der Waals surface area contributed by atoms with E-state index in [1.807, 2.05) is 18.4 Å². The van der Waals surface area contributed by atoms with Crippen LogP contribution in [-0.2, 0) is 16.4 Å². The van der Waals surface area contributed by atoms with Crippen LogP contribution < -0.4 is 4.80 Å². The lowest BCUT2D eigenvalue weighted by molar-refractivity contribution is 0.0994. The highest BCUT2D eigenvalue weighted by Crippen LogP contribution is 2.22. The smallest absolute Gasteiger partial charge is 0.280 e. The molecule has 5 nitrogen and oxygen atoms in total. The molecule has 0 saturated carbocycles. The second-order valence-corrected chi connectivity index (χ2v) is 9.37. The van der Waals surface area contributed by atoms with E-state index in [1.54, 1.807) is 18.2 Å². The lowest BCUT2D eigenvalue weighted by Gasteiger charge is -2.05. The maximum atomic E-state index is 12.8. The molecule has 1 aromatic heterocycles. The number of amides is 1. The Kier molecular flexibility index (Phi) is 5.17. The highest BCUT2D eigenvalue weighted by Gasteiger charge is 2.18. The molecule has 0 bridgehead atoms. The van der Waals surface area contributed by atoms with Crippen molar-refractivity contribution in [2.45, 2.75) is 25.3 Å². The average molecular weight is 401 g/mol. The van der Waals surface area contributed by atoms with E-state index >= 15 is 0 Å². The fraction of sp³-hybridized carbons (Fsp3) is 0.200. The van der Waals surface area contributed by atoms with Crippen molar-refractivity contribution < 1.29 is 13.2 Å². The van der Waals surface area contributed by atoms with Gasteiger partial charge in [0.25, 0.3) is 5.91 Å². The van der Waals surface area contributed by atoms with Crippen LogP contribution in [0, 0.1) is 13.8 Å². The quantitative estimate of drug-likeness (QED) is 0.628. The van der Waals surface area contributed by atoms with Gasteiger partial charge in [-0.25, -0.2) is 8.42 Å². The summed E-state index contributed by atoms with van der Waals surface area (Å²) in [6.45, 7) is 8.36. The number of sulfone groups is 1. The van der Waals surface area contributed by atoms with E-state index in [-0.39, 0.29) is 10.5 Å². The predicted octanol–water partition coefficient (Wildman–Crippen LogP) is 3.65. The van der Waals surface area contributed by atoms with Crippen molar-refractivity contribution in [1.82, 2.24) is 4.57 Å². The van der Waals surface area contributed by atoms with Crippen LogP contribution in [0.5, 0.6) is 0 Å². The van der Waals surface area contributed by atoms with Gasteiger partial charge in [-0.15, -0.1) is 6.58 Å². The third-order valence-electron chi connectivity index (χ3n) is 4.32. The Morgan fingerprint density at radius 1 is 1.22 bits per heavy atom. The van der Waals surface area contributed by atoms with Crippen LogP contribution >= 0.6 is 11.3 Å². The molecule has 7 heteroatoms. The average Bonchev–Trinajstić information content (AvgIpc) is 2.91. The Morgan fingerprint density at radius 2 is 1.89 bits per heavy atom. The van der Waals surface area contributed by atoms with Crippen molar-refractivity contribution in [3.05, 3.63) is 70.5 Å². The number of thiazole rings is 1. The topological polar surface area (TPSA) is 68.5 Å². The van der Waals surface area contributed by atoms with Gasteiger partial charge >= 0.3 is 0 Å². The molecule has 1 heterocycles. The Labute approximate surface area is 162 Å². The number of hydrogen-bond donors (Lipinski definition) is 0. The largest absolute Gasteiger partial charge is 0.312 e. The normalized spacial score (nSPS) is 12.5. The van der Waals surface area contributed by atoms with Crippen LogP contribution in [-0.4, -0.2) is 25.1 Å². The van der Waals surface area contributed by atoms with Crippen molar-refractivity contribution in [1.29, 1.82) is 0 Å². The summed E-state index contributed by atoms with van der Waals surface area (Å²) in [7, 11) is -3.53. The van der Waals surface area contributed by atoms with Crippen molar-refractivity contribution >= 4 is 37.3 Å². The first kappa shape index (κ1) is 19.3. The number of carbonyl (C=O) groups is 1. The number of nitrogens with zero attached hydrogens (tertiary/aromatic N) is 2. The number of aryl methyl sites for hydroxylation is 2. The van der Waals surface area contributed by atoms with Crippen LogP contribution in [0.2, 0.25) is 0 Å². The first-order valence-corrected chi connectivity index (χ1v) is 11.0. The van der Waals surface area contributed by atoms with Crippen LogP contribution in [0.1, 0.15) is 21.5 Å². The van der Waals surface area contributed by atoms with E-state index in [4.69, 9.17) is 0 Å². The molecule has 0 atom stereocenters. The minimum Gasteiger partial charge on any atom is -0.312 e. The van der Waals surface area contributed by atoms with Crippen molar-refractivity contribution in [3.8, 4) is 0 Å². The number of hydrogen-bond acceptors (Lipinski definition) is 4. The van der Waals surface area contributed by atoms with Crippen LogP contribution in [0.25, 0.3) is 10.2 Å². The molecular formula is C20H20N2O3S2. The van der Waals surface area contributed by atoms with E-state index in [0.717, 1.165) is 27.6 Å². The molecule has 3 rings (SSSR count). The monoisotopic (exact) mass is 400 g/mol. The van der Waals surface area contributed by atoms with Crippen LogP contribution in [0.4, 0.5) is 0 Å². The van der Waals surface area contributed by atoms with E-state index in [0.29, 0.717) is 11.3 Å². The summed E-state index contributed by atoms with van der Waals surface area (Å²) in [6, 6.07) is 10.3. The Hall–Kier alpha value is -2.51. The summed E-state index contributed by atoms with van der Waals surface area (Å²) in [5.41, 5.74) is 3.37. The van der Waals surface area contributed by atoms with E-state index < -0.39 is 15.7 Å². The van der Waals surface area contributed by atoms with Gasteiger partial charge in [-0.2, -0.15) is 4.99 Å². The summed E-state index contributed by atoms with van der Waals surface area (Å²) in [4.78, 5) is 17.5. The number of carbonyl (C=O) groups excluding carboxylic acids is 1. The Bertz CT molecular complexity index is 1230. The van der Waals surface area contributed by atoms with Gasteiger partial charge in [0, 0.05) is 12.8 Å². The minimum atomic E-state index is -3.53. The second kappa shape index (κ2) is 7.25. The molecule has 140 valence electrons. The van der Waals surface area contributed by atoms with Gasteiger partial charge in [0.15, 0.2) is 14.6 Å². The molecule has 3 aromatic rings. The molecule has 1 amide bonds. The van der Waals surface area contributed by atoms with Gasteiger partial charge in [-0.1, -0.05) is 29.5 Å². The van der Waals surface area contributed by atoms with Gasteiger partial charge in [0.2, 0.25) is 0 Å². The van der Waals surface area contributed by atoms with Gasteiger partial charge in [-0.3, -0.25) is 4.79 Å². The minimum absolute atomic E-state index is 0.0122. The zero-order chi connectivity index (χ0) is 19.8. The molecule has 0 N–H and O–H groups in total. The fourth-order valence-electron chi connectivity index (χ4n) is 2.83. The molecule has 0 aliphatic rings. The van der Waals surface area contributed by atoms with Crippen molar-refractivity contribution in [2.24, 2.45) is 4.99 Å². The first-order valence-electron chi connectivity index (χ1n) is 8.32. The Balaban J connectivity index is 2.24. The number of rotatable bonds is 4. The molecular weight excluding hydrogens is 380 g/mol. The summed E-state index contributed by atoms with van der Waals surface area (Å²) < 4.78 is 26.9. The highest BCUT2D eigenvalue weighted by atomic mass is 32.2. The van der Waals surface area contributed by atoms with Gasteiger partial charge < -0.3 is 4.57 Å². The van der Waals surface area contributed by atoms with Gasteiger partial charge in [0.1, 0.15) is 0 Å². The van der Waals surface area contributed by atoms with Crippen LogP contribution in [0.3, 0.4) is 0 Å². The number of aromatic nitrogens is 1. The summed E-state index contributed by atoms with van der Waals surface area (Å²) in [6.07, 6.45) is 2.83. The lowest BCUT2D eigenvalue weighted by Crippen LogP contribution is -2.17. The third kappa shape index (κ3) is 3.79. The maximum Gasteiger partial charge on any atom is 0.280 e. The first-order chi connectivity index (χ1) is 12.7. The van der Waals surface area contributed by atoms with Crippen molar-refractivity contribution in [2.75, 3.05) is 6.26 Å². The van der Waals surface area contributed by atoms with Gasteiger partial charge in [0.05, 0.1) is 20.7 Å². The molecule has 0 unspecified atom stereocenters. The van der Waals surface area contributed by atoms with Crippen LogP contribution in [0.15, 0.2) is 58.9 Å². The number of fused-ring (bicyclic) bond motifs is 1. The molecule has 0 saturated heterocycles. The molecule has 0 radical (unpaired) electrons.